The standard InChI is InChI=1S/C17H24N2O/c1-4-7-14(5-2)18-12-15-11-10-13-8-6-9-16(20-3)17(13)19-15/h6,8-11,14,18H,4-5,7,12H2,1-3H3. The lowest BCUT2D eigenvalue weighted by Gasteiger charge is -2.16. The molecular formula is C17H24N2O. The van der Waals surface area contributed by atoms with E-state index < -0.39 is 0 Å². The summed E-state index contributed by atoms with van der Waals surface area (Å²) < 4.78 is 5.38. The minimum atomic E-state index is 0.579. The highest BCUT2D eigenvalue weighted by atomic mass is 16.5. The van der Waals surface area contributed by atoms with Crippen LogP contribution in [0.15, 0.2) is 30.3 Å². The highest BCUT2D eigenvalue weighted by Crippen LogP contribution is 2.23. The Bertz CT molecular complexity index is 554. The van der Waals surface area contributed by atoms with Gasteiger partial charge in [0.1, 0.15) is 11.3 Å². The molecule has 1 unspecified atom stereocenters. The largest absolute Gasteiger partial charge is 0.494 e. The second kappa shape index (κ2) is 7.25. The third-order valence-electron chi connectivity index (χ3n) is 3.66. The van der Waals surface area contributed by atoms with Crippen LogP contribution in [0.25, 0.3) is 10.9 Å². The van der Waals surface area contributed by atoms with E-state index in [1.807, 2.05) is 12.1 Å². The monoisotopic (exact) mass is 272 g/mol. The highest BCUT2D eigenvalue weighted by molar-refractivity contribution is 5.84. The number of hydrogen-bond donors (Lipinski definition) is 1. The maximum Gasteiger partial charge on any atom is 0.145 e. The number of ether oxygens (including phenoxy) is 1. The topological polar surface area (TPSA) is 34.1 Å². The molecule has 20 heavy (non-hydrogen) atoms. The Morgan fingerprint density at radius 3 is 2.75 bits per heavy atom. The summed E-state index contributed by atoms with van der Waals surface area (Å²) >= 11 is 0. The SMILES string of the molecule is CCCC(CC)NCc1ccc2cccc(OC)c2n1. The molecule has 0 bridgehead atoms. The van der Waals surface area contributed by atoms with E-state index in [9.17, 15) is 0 Å². The number of aromatic nitrogens is 1. The van der Waals surface area contributed by atoms with Crippen molar-refractivity contribution in [3.05, 3.63) is 36.0 Å². The lowest BCUT2D eigenvalue weighted by atomic mass is 10.1. The van der Waals surface area contributed by atoms with Crippen molar-refractivity contribution < 1.29 is 4.74 Å². The molecule has 108 valence electrons. The van der Waals surface area contributed by atoms with Crippen molar-refractivity contribution in [2.75, 3.05) is 7.11 Å². The summed E-state index contributed by atoms with van der Waals surface area (Å²) in [4.78, 5) is 4.72. The van der Waals surface area contributed by atoms with E-state index in [-0.39, 0.29) is 0 Å². The summed E-state index contributed by atoms with van der Waals surface area (Å²) in [5, 5.41) is 4.70. The van der Waals surface area contributed by atoms with Gasteiger partial charge in [-0.25, -0.2) is 4.98 Å². The van der Waals surface area contributed by atoms with Gasteiger partial charge in [-0.1, -0.05) is 38.5 Å². The fourth-order valence-electron chi connectivity index (χ4n) is 2.47. The van der Waals surface area contributed by atoms with E-state index in [1.165, 1.54) is 12.8 Å². The van der Waals surface area contributed by atoms with Gasteiger partial charge in [-0.05, 0) is 25.0 Å². The number of nitrogens with one attached hydrogen (secondary N) is 1. The third-order valence-corrected chi connectivity index (χ3v) is 3.66. The van der Waals surface area contributed by atoms with Crippen LogP contribution in [0.5, 0.6) is 5.75 Å². The van der Waals surface area contributed by atoms with Crippen molar-refractivity contribution in [3.8, 4) is 5.75 Å². The third kappa shape index (κ3) is 3.48. The molecule has 0 saturated heterocycles. The molecule has 1 N–H and O–H groups in total. The summed E-state index contributed by atoms with van der Waals surface area (Å²) in [7, 11) is 1.69. The van der Waals surface area contributed by atoms with Crippen LogP contribution >= 0.6 is 0 Å². The van der Waals surface area contributed by atoms with Crippen molar-refractivity contribution in [1.82, 2.24) is 10.3 Å². The maximum absolute atomic E-state index is 5.38. The van der Waals surface area contributed by atoms with Crippen molar-refractivity contribution in [2.45, 2.75) is 45.7 Å². The van der Waals surface area contributed by atoms with Gasteiger partial charge in [0.15, 0.2) is 0 Å². The molecule has 2 rings (SSSR count). The molecule has 2 aromatic rings. The van der Waals surface area contributed by atoms with Crippen LogP contribution in [-0.4, -0.2) is 18.1 Å². The summed E-state index contributed by atoms with van der Waals surface area (Å²) in [6.07, 6.45) is 3.59. The molecule has 0 aliphatic heterocycles. The van der Waals surface area contributed by atoms with Crippen LogP contribution in [0.1, 0.15) is 38.8 Å². The molecule has 0 aliphatic carbocycles. The Balaban J connectivity index is 2.15. The quantitative estimate of drug-likeness (QED) is 0.829. The lowest BCUT2D eigenvalue weighted by Crippen LogP contribution is -2.28. The first-order valence-corrected chi connectivity index (χ1v) is 7.44. The van der Waals surface area contributed by atoms with Gasteiger partial charge < -0.3 is 10.1 Å². The molecule has 3 nitrogen and oxygen atoms in total. The van der Waals surface area contributed by atoms with Crippen LogP contribution in [0.4, 0.5) is 0 Å². The molecule has 0 radical (unpaired) electrons. The summed E-state index contributed by atoms with van der Waals surface area (Å²) in [5.41, 5.74) is 2.01. The Hall–Kier alpha value is -1.61. The molecule has 0 saturated carbocycles. The predicted octanol–water partition coefficient (Wildman–Crippen LogP) is 3.91. The van der Waals surface area contributed by atoms with E-state index in [0.717, 1.165) is 35.3 Å². The van der Waals surface area contributed by atoms with Crippen molar-refractivity contribution in [2.24, 2.45) is 0 Å². The van der Waals surface area contributed by atoms with Gasteiger partial charge in [-0.15, -0.1) is 0 Å². The highest BCUT2D eigenvalue weighted by Gasteiger charge is 2.07. The fourth-order valence-corrected chi connectivity index (χ4v) is 2.47. The summed E-state index contributed by atoms with van der Waals surface area (Å²) in [6.45, 7) is 5.26. The second-order valence-corrected chi connectivity index (χ2v) is 5.11. The van der Waals surface area contributed by atoms with Crippen molar-refractivity contribution in [1.29, 1.82) is 0 Å². The van der Waals surface area contributed by atoms with E-state index in [1.54, 1.807) is 7.11 Å². The normalized spacial score (nSPS) is 12.6. The number of pyridine rings is 1. The zero-order chi connectivity index (χ0) is 14.4. The molecule has 1 aromatic carbocycles. The first-order chi connectivity index (χ1) is 9.78. The summed E-state index contributed by atoms with van der Waals surface area (Å²) in [5.74, 6) is 0.838. The van der Waals surface area contributed by atoms with Gasteiger partial charge >= 0.3 is 0 Å². The van der Waals surface area contributed by atoms with Gasteiger partial charge in [-0.3, -0.25) is 0 Å². The number of para-hydroxylation sites is 1. The predicted molar refractivity (Wildman–Crippen MR) is 84.1 cm³/mol. The van der Waals surface area contributed by atoms with Crippen LogP contribution < -0.4 is 10.1 Å². The minimum Gasteiger partial charge on any atom is -0.494 e. The number of rotatable bonds is 7. The van der Waals surface area contributed by atoms with Crippen LogP contribution in [0.3, 0.4) is 0 Å². The van der Waals surface area contributed by atoms with E-state index in [0.29, 0.717) is 6.04 Å². The van der Waals surface area contributed by atoms with Crippen LogP contribution in [0.2, 0.25) is 0 Å². The molecule has 1 heterocycles. The average molecular weight is 272 g/mol. The molecule has 0 spiro atoms. The number of benzene rings is 1. The molecule has 0 aliphatic rings. The van der Waals surface area contributed by atoms with Crippen molar-refractivity contribution in [3.63, 3.8) is 0 Å². The number of fused-ring (bicyclic) bond motifs is 1. The second-order valence-electron chi connectivity index (χ2n) is 5.11. The smallest absolute Gasteiger partial charge is 0.145 e. The first kappa shape index (κ1) is 14.8. The molecule has 0 amide bonds. The fraction of sp³-hybridized carbons (Fsp3) is 0.471. The van der Waals surface area contributed by atoms with Crippen LogP contribution in [-0.2, 0) is 6.54 Å². The molecule has 0 fully saturated rings. The van der Waals surface area contributed by atoms with Crippen LogP contribution in [0, 0.1) is 0 Å². The van der Waals surface area contributed by atoms with Gasteiger partial charge in [0.05, 0.1) is 12.8 Å². The number of methoxy groups -OCH3 is 1. The van der Waals surface area contributed by atoms with E-state index >= 15 is 0 Å². The molecular weight excluding hydrogens is 248 g/mol. The number of nitrogens with zero attached hydrogens (tertiary/aromatic N) is 1. The van der Waals surface area contributed by atoms with Gasteiger partial charge in [0, 0.05) is 18.0 Å². The zero-order valence-corrected chi connectivity index (χ0v) is 12.6. The Kier molecular flexibility index (Phi) is 5.36. The molecule has 3 heteroatoms. The number of hydrogen-bond acceptors (Lipinski definition) is 3. The first-order valence-electron chi connectivity index (χ1n) is 7.44. The Labute approximate surface area is 121 Å². The molecule has 1 atom stereocenters. The minimum absolute atomic E-state index is 0.579. The molecule has 1 aromatic heterocycles. The Morgan fingerprint density at radius 2 is 2.05 bits per heavy atom. The van der Waals surface area contributed by atoms with Gasteiger partial charge in [-0.2, -0.15) is 0 Å². The Morgan fingerprint density at radius 1 is 1.20 bits per heavy atom. The van der Waals surface area contributed by atoms with Crippen molar-refractivity contribution >= 4 is 10.9 Å². The van der Waals surface area contributed by atoms with Gasteiger partial charge in [0.2, 0.25) is 0 Å². The summed E-state index contributed by atoms with van der Waals surface area (Å²) in [6, 6.07) is 10.8. The maximum atomic E-state index is 5.38. The zero-order valence-electron chi connectivity index (χ0n) is 12.6. The van der Waals surface area contributed by atoms with Gasteiger partial charge in [0.25, 0.3) is 0 Å². The average Bonchev–Trinajstić information content (AvgIpc) is 2.50. The van der Waals surface area contributed by atoms with E-state index in [2.05, 4.69) is 37.4 Å². The lowest BCUT2D eigenvalue weighted by molar-refractivity contribution is 0.418. The van der Waals surface area contributed by atoms with E-state index in [4.69, 9.17) is 9.72 Å².